The van der Waals surface area contributed by atoms with Crippen LogP contribution in [0.4, 0.5) is 5.82 Å². The highest BCUT2D eigenvalue weighted by atomic mass is 16.3. The number of carbonyl (C=O) groups is 2. The third kappa shape index (κ3) is 3.82. The van der Waals surface area contributed by atoms with E-state index in [0.29, 0.717) is 36.9 Å². The Morgan fingerprint density at radius 2 is 2.13 bits per heavy atom. The molecule has 2 aliphatic heterocycles. The molecule has 2 amide bonds. The van der Waals surface area contributed by atoms with Crippen molar-refractivity contribution < 1.29 is 14.0 Å². The van der Waals surface area contributed by atoms with E-state index in [1.807, 2.05) is 30.0 Å². The van der Waals surface area contributed by atoms with Crippen LogP contribution in [0.25, 0.3) is 0 Å². The smallest absolute Gasteiger partial charge is 0.257 e. The number of aromatic nitrogens is 1. The Balaban J connectivity index is 1.41. The molecule has 0 aromatic carbocycles. The Kier molecular flexibility index (Phi) is 5.20. The number of amides is 2. The van der Waals surface area contributed by atoms with Gasteiger partial charge in [0.25, 0.3) is 5.91 Å². The molecule has 1 N–H and O–H groups in total. The number of aryl methyl sites for hydroxylation is 1. The average molecular weight is 423 g/mol. The fourth-order valence-electron chi connectivity index (χ4n) is 5.22. The second-order valence-corrected chi connectivity index (χ2v) is 9.32. The zero-order chi connectivity index (χ0) is 21.4. The van der Waals surface area contributed by atoms with Gasteiger partial charge in [0.15, 0.2) is 0 Å². The molecule has 3 fully saturated rings. The lowest BCUT2D eigenvalue weighted by Gasteiger charge is -2.32. The third-order valence-electron chi connectivity index (χ3n) is 7.24. The van der Waals surface area contributed by atoms with Gasteiger partial charge in [-0.25, -0.2) is 4.98 Å². The van der Waals surface area contributed by atoms with Gasteiger partial charge in [-0.2, -0.15) is 0 Å². The normalized spacial score (nSPS) is 25.8. The molecule has 5 rings (SSSR count). The molecule has 1 saturated carbocycles. The maximum absolute atomic E-state index is 13.5. The molecule has 2 saturated heterocycles. The maximum atomic E-state index is 13.5. The molecule has 0 bridgehead atoms. The molecule has 1 aliphatic carbocycles. The van der Waals surface area contributed by atoms with Gasteiger partial charge >= 0.3 is 0 Å². The summed E-state index contributed by atoms with van der Waals surface area (Å²) in [7, 11) is 0. The summed E-state index contributed by atoms with van der Waals surface area (Å²) in [6.45, 7) is 5.21. The molecule has 7 heteroatoms. The standard InChI is InChI=1S/C24H30N4O3/c1-17-20(8-12-31-17)22(29)27-11-4-9-24(23(30)26-13-18-6-7-18)16-28(15-19(24)14-27)21-5-2-3-10-25-21/h2-3,5,8,10,12,18-19H,4,6-7,9,11,13-16H2,1H3,(H,26,30)/t19-,24-/m1/s1. The molecule has 2 aromatic rings. The van der Waals surface area contributed by atoms with Gasteiger partial charge in [-0.1, -0.05) is 6.07 Å². The number of hydrogen-bond donors (Lipinski definition) is 1. The summed E-state index contributed by atoms with van der Waals surface area (Å²) >= 11 is 0. The van der Waals surface area contributed by atoms with E-state index in [0.717, 1.165) is 31.7 Å². The van der Waals surface area contributed by atoms with Gasteiger partial charge in [-0.15, -0.1) is 0 Å². The Hall–Kier alpha value is -2.83. The van der Waals surface area contributed by atoms with Crippen molar-refractivity contribution in [2.75, 3.05) is 37.6 Å². The quantitative estimate of drug-likeness (QED) is 0.802. The van der Waals surface area contributed by atoms with Crippen molar-refractivity contribution in [3.63, 3.8) is 0 Å². The van der Waals surface area contributed by atoms with E-state index in [1.165, 1.54) is 12.8 Å². The summed E-state index contributed by atoms with van der Waals surface area (Å²) < 4.78 is 5.36. The molecule has 2 aromatic heterocycles. The van der Waals surface area contributed by atoms with Gasteiger partial charge in [0.1, 0.15) is 11.6 Å². The molecule has 0 radical (unpaired) electrons. The summed E-state index contributed by atoms with van der Waals surface area (Å²) in [6, 6.07) is 7.63. The third-order valence-corrected chi connectivity index (χ3v) is 7.24. The van der Waals surface area contributed by atoms with Crippen LogP contribution in [0.15, 0.2) is 41.1 Å². The number of rotatable bonds is 5. The van der Waals surface area contributed by atoms with E-state index in [-0.39, 0.29) is 17.7 Å². The van der Waals surface area contributed by atoms with Crippen LogP contribution in [-0.2, 0) is 4.79 Å². The van der Waals surface area contributed by atoms with Crippen LogP contribution in [0.5, 0.6) is 0 Å². The van der Waals surface area contributed by atoms with Crippen molar-refractivity contribution in [3.8, 4) is 0 Å². The summed E-state index contributed by atoms with van der Waals surface area (Å²) in [6.07, 6.45) is 7.37. The van der Waals surface area contributed by atoms with Crippen LogP contribution in [0.3, 0.4) is 0 Å². The highest BCUT2D eigenvalue weighted by Gasteiger charge is 2.54. The monoisotopic (exact) mass is 422 g/mol. The lowest BCUT2D eigenvalue weighted by atomic mass is 9.74. The highest BCUT2D eigenvalue weighted by molar-refractivity contribution is 5.95. The Labute approximate surface area is 182 Å². The molecular formula is C24H30N4O3. The molecule has 3 aliphatic rings. The molecule has 31 heavy (non-hydrogen) atoms. The van der Waals surface area contributed by atoms with Crippen LogP contribution in [-0.4, -0.2) is 54.4 Å². The van der Waals surface area contributed by atoms with Crippen LogP contribution in [0.2, 0.25) is 0 Å². The summed E-state index contributed by atoms with van der Waals surface area (Å²) in [5, 5.41) is 3.25. The van der Waals surface area contributed by atoms with E-state index >= 15 is 0 Å². The lowest BCUT2D eigenvalue weighted by molar-refractivity contribution is -0.132. The lowest BCUT2D eigenvalue weighted by Crippen LogP contribution is -2.48. The number of anilines is 1. The first-order chi connectivity index (χ1) is 15.1. The zero-order valence-corrected chi connectivity index (χ0v) is 18.0. The number of hydrogen-bond acceptors (Lipinski definition) is 5. The van der Waals surface area contributed by atoms with Crippen LogP contribution >= 0.6 is 0 Å². The Morgan fingerprint density at radius 3 is 2.84 bits per heavy atom. The predicted molar refractivity (Wildman–Crippen MR) is 117 cm³/mol. The number of nitrogens with one attached hydrogen (secondary N) is 1. The second-order valence-electron chi connectivity index (χ2n) is 9.32. The van der Waals surface area contributed by atoms with Crippen molar-refractivity contribution in [1.82, 2.24) is 15.2 Å². The van der Waals surface area contributed by atoms with E-state index in [1.54, 1.807) is 18.5 Å². The van der Waals surface area contributed by atoms with Crippen molar-refractivity contribution in [3.05, 3.63) is 48.0 Å². The first-order valence-electron chi connectivity index (χ1n) is 11.3. The van der Waals surface area contributed by atoms with E-state index < -0.39 is 5.41 Å². The summed E-state index contributed by atoms with van der Waals surface area (Å²) in [5.41, 5.74) is 0.123. The van der Waals surface area contributed by atoms with Crippen LogP contribution in [0.1, 0.15) is 41.8 Å². The summed E-state index contributed by atoms with van der Waals surface area (Å²) in [4.78, 5) is 35.4. The minimum atomic E-state index is -0.493. The highest BCUT2D eigenvalue weighted by Crippen LogP contribution is 2.44. The first-order valence-corrected chi connectivity index (χ1v) is 11.3. The SMILES string of the molecule is Cc1occc1C(=O)N1CCC[C@@]2(C(=O)NCC3CC3)CN(c3ccccn3)C[C@H]2C1. The van der Waals surface area contributed by atoms with Gasteiger partial charge < -0.3 is 19.5 Å². The topological polar surface area (TPSA) is 78.7 Å². The van der Waals surface area contributed by atoms with Crippen LogP contribution < -0.4 is 10.2 Å². The maximum Gasteiger partial charge on any atom is 0.257 e. The molecule has 0 spiro atoms. The van der Waals surface area contributed by atoms with Crippen molar-refractivity contribution >= 4 is 17.6 Å². The van der Waals surface area contributed by atoms with E-state index in [2.05, 4.69) is 15.2 Å². The van der Waals surface area contributed by atoms with Gasteiger partial charge in [-0.3, -0.25) is 9.59 Å². The van der Waals surface area contributed by atoms with E-state index in [9.17, 15) is 9.59 Å². The van der Waals surface area contributed by atoms with E-state index in [4.69, 9.17) is 4.42 Å². The largest absolute Gasteiger partial charge is 0.469 e. The number of carbonyl (C=O) groups excluding carboxylic acids is 2. The minimum Gasteiger partial charge on any atom is -0.469 e. The fourth-order valence-corrected chi connectivity index (χ4v) is 5.22. The molecule has 0 unspecified atom stereocenters. The molecular weight excluding hydrogens is 392 g/mol. The minimum absolute atomic E-state index is 0.00303. The zero-order valence-electron chi connectivity index (χ0n) is 18.0. The molecule has 164 valence electrons. The Bertz CT molecular complexity index is 955. The Morgan fingerprint density at radius 1 is 1.26 bits per heavy atom. The molecule has 4 heterocycles. The second kappa shape index (κ2) is 8.02. The van der Waals surface area contributed by atoms with Crippen molar-refractivity contribution in [2.45, 2.75) is 32.6 Å². The fraction of sp³-hybridized carbons (Fsp3) is 0.542. The number of nitrogens with zero attached hydrogens (tertiary/aromatic N) is 3. The summed E-state index contributed by atoms with van der Waals surface area (Å²) in [5.74, 6) is 2.39. The van der Waals surface area contributed by atoms with Gasteiger partial charge in [0.2, 0.25) is 5.91 Å². The number of pyridine rings is 1. The van der Waals surface area contributed by atoms with Crippen molar-refractivity contribution in [2.24, 2.45) is 17.3 Å². The number of fused-ring (bicyclic) bond motifs is 1. The van der Waals surface area contributed by atoms with Crippen molar-refractivity contribution in [1.29, 1.82) is 0 Å². The van der Waals surface area contributed by atoms with Gasteiger partial charge in [-0.05, 0) is 56.7 Å². The molecule has 2 atom stereocenters. The van der Waals surface area contributed by atoms with Gasteiger partial charge in [0, 0.05) is 44.8 Å². The van der Waals surface area contributed by atoms with Gasteiger partial charge in [0.05, 0.1) is 17.2 Å². The number of furan rings is 1. The molecule has 7 nitrogen and oxygen atoms in total. The number of likely N-dealkylation sites (tertiary alicyclic amines) is 1. The average Bonchev–Trinajstić information content (AvgIpc) is 3.46. The first kappa shape index (κ1) is 20.1. The van der Waals surface area contributed by atoms with Crippen LogP contribution in [0, 0.1) is 24.2 Å². The predicted octanol–water partition coefficient (Wildman–Crippen LogP) is 2.87.